The largest absolute Gasteiger partial charge is 0.491 e. The SMILES string of the molecule is C=CCNC(=O)C1C2C(=O)OC(c3ccccc3)C(c3ccccc3)N2C(c2cccc(OCCO)c2)C12C(=O)Nc1ccc(C#CCC(C(=O)OC)C(=O)OC)cc12. The van der Waals surface area contributed by atoms with Gasteiger partial charge < -0.3 is 34.7 Å². The van der Waals surface area contributed by atoms with Crippen molar-refractivity contribution < 1.29 is 48.0 Å². The molecule has 0 aliphatic carbocycles. The first-order chi connectivity index (χ1) is 28.7. The van der Waals surface area contributed by atoms with Gasteiger partial charge >= 0.3 is 17.9 Å². The number of anilines is 1. The maximum absolute atomic E-state index is 15.3. The van der Waals surface area contributed by atoms with Crippen LogP contribution in [0.4, 0.5) is 5.69 Å². The zero-order valence-corrected chi connectivity index (χ0v) is 32.5. The van der Waals surface area contributed by atoms with Crippen LogP contribution in [0.2, 0.25) is 0 Å². The molecule has 3 N–H and O–H groups in total. The number of ether oxygens (including phenoxy) is 4. The van der Waals surface area contributed by atoms with Gasteiger partial charge in [0.05, 0.1) is 38.8 Å². The quantitative estimate of drug-likeness (QED) is 0.0613. The number of morpholine rings is 1. The molecule has 13 nitrogen and oxygen atoms in total. The van der Waals surface area contributed by atoms with E-state index in [1.54, 1.807) is 36.4 Å². The van der Waals surface area contributed by atoms with Crippen LogP contribution in [0.5, 0.6) is 5.75 Å². The van der Waals surface area contributed by atoms with Crippen molar-refractivity contribution in [2.24, 2.45) is 11.8 Å². The highest BCUT2D eigenvalue weighted by Gasteiger charge is 2.74. The number of aliphatic hydroxyl groups excluding tert-OH is 1. The number of benzene rings is 4. The van der Waals surface area contributed by atoms with Crippen molar-refractivity contribution in [1.29, 1.82) is 0 Å². The second kappa shape index (κ2) is 17.4. The average molecular weight is 798 g/mol. The highest BCUT2D eigenvalue weighted by Crippen LogP contribution is 2.65. The Morgan fingerprint density at radius 3 is 2.25 bits per heavy atom. The summed E-state index contributed by atoms with van der Waals surface area (Å²) in [6.45, 7) is 3.59. The number of cyclic esters (lactones) is 1. The molecular formula is C46H43N3O10. The fraction of sp³-hybridized carbons (Fsp3) is 0.283. The highest BCUT2D eigenvalue weighted by atomic mass is 16.6. The van der Waals surface area contributed by atoms with E-state index >= 15 is 4.79 Å². The number of carbonyl (C=O) groups excluding carboxylic acids is 5. The number of methoxy groups -OCH3 is 2. The molecule has 1 spiro atoms. The van der Waals surface area contributed by atoms with Crippen LogP contribution in [0.15, 0.2) is 116 Å². The normalized spacial score (nSPS) is 22.9. The van der Waals surface area contributed by atoms with Crippen LogP contribution < -0.4 is 15.4 Å². The molecule has 4 aromatic rings. The Morgan fingerprint density at radius 2 is 1.59 bits per heavy atom. The molecule has 3 aliphatic heterocycles. The lowest BCUT2D eigenvalue weighted by Gasteiger charge is -2.46. The fourth-order valence-electron chi connectivity index (χ4n) is 8.69. The zero-order valence-electron chi connectivity index (χ0n) is 32.5. The number of carbonyl (C=O) groups is 5. The molecule has 3 heterocycles. The van der Waals surface area contributed by atoms with Crippen molar-refractivity contribution in [2.45, 2.75) is 36.1 Å². The van der Waals surface area contributed by atoms with Gasteiger partial charge in [-0.15, -0.1) is 6.58 Å². The maximum Gasteiger partial charge on any atom is 0.324 e. The van der Waals surface area contributed by atoms with E-state index in [4.69, 9.17) is 18.9 Å². The van der Waals surface area contributed by atoms with Gasteiger partial charge in [0, 0.05) is 24.2 Å². The maximum atomic E-state index is 15.3. The predicted octanol–water partition coefficient (Wildman–Crippen LogP) is 4.33. The third-order valence-corrected chi connectivity index (χ3v) is 11.1. The van der Waals surface area contributed by atoms with Crippen molar-refractivity contribution in [2.75, 3.05) is 39.3 Å². The molecule has 2 saturated heterocycles. The topological polar surface area (TPSA) is 170 Å². The average Bonchev–Trinajstić information content (AvgIpc) is 3.75. The first-order valence-electron chi connectivity index (χ1n) is 19.1. The van der Waals surface area contributed by atoms with Gasteiger partial charge in [-0.2, -0.15) is 0 Å². The molecule has 3 aliphatic rings. The van der Waals surface area contributed by atoms with E-state index in [1.807, 2.05) is 71.6 Å². The Hall–Kier alpha value is -6.75. The second-order valence-electron chi connectivity index (χ2n) is 14.3. The monoisotopic (exact) mass is 797 g/mol. The lowest BCUT2D eigenvalue weighted by molar-refractivity contribution is -0.178. The van der Waals surface area contributed by atoms with Crippen molar-refractivity contribution in [3.05, 3.63) is 144 Å². The van der Waals surface area contributed by atoms with Gasteiger partial charge in [0.2, 0.25) is 11.8 Å². The third kappa shape index (κ3) is 7.33. The lowest BCUT2D eigenvalue weighted by Crippen LogP contribution is -2.54. The van der Waals surface area contributed by atoms with E-state index in [9.17, 15) is 24.3 Å². The van der Waals surface area contributed by atoms with E-state index < -0.39 is 71.2 Å². The molecule has 2 fully saturated rings. The van der Waals surface area contributed by atoms with Crippen LogP contribution in [0.1, 0.15) is 52.4 Å². The second-order valence-corrected chi connectivity index (χ2v) is 14.3. The number of aliphatic hydroxyl groups is 1. The van der Waals surface area contributed by atoms with E-state index in [0.29, 0.717) is 33.7 Å². The molecule has 0 bridgehead atoms. The van der Waals surface area contributed by atoms with Crippen LogP contribution in [0.25, 0.3) is 0 Å². The first kappa shape index (κ1) is 40.4. The Kier molecular flexibility index (Phi) is 11.9. The van der Waals surface area contributed by atoms with Crippen LogP contribution >= 0.6 is 0 Å². The summed E-state index contributed by atoms with van der Waals surface area (Å²) in [6, 6.07) is 28.0. The summed E-state index contributed by atoms with van der Waals surface area (Å²) in [6.07, 6.45) is 0.445. The van der Waals surface area contributed by atoms with Gasteiger partial charge in [-0.1, -0.05) is 90.7 Å². The molecule has 6 atom stereocenters. The number of amides is 2. The number of nitrogens with zero attached hydrogens (tertiary/aromatic N) is 1. The van der Waals surface area contributed by atoms with Gasteiger partial charge in [0.15, 0.2) is 5.92 Å². The van der Waals surface area contributed by atoms with E-state index in [0.717, 1.165) is 19.8 Å². The molecule has 0 radical (unpaired) electrons. The van der Waals surface area contributed by atoms with E-state index in [-0.39, 0.29) is 26.2 Å². The molecule has 59 heavy (non-hydrogen) atoms. The number of nitrogens with one attached hydrogen (secondary N) is 2. The summed E-state index contributed by atoms with van der Waals surface area (Å²) >= 11 is 0. The Balaban J connectivity index is 1.50. The molecule has 7 rings (SSSR count). The number of esters is 3. The molecule has 0 saturated carbocycles. The highest BCUT2D eigenvalue weighted by molar-refractivity contribution is 6.12. The fourth-order valence-corrected chi connectivity index (χ4v) is 8.69. The molecule has 4 aromatic carbocycles. The summed E-state index contributed by atoms with van der Waals surface area (Å²) in [4.78, 5) is 71.7. The minimum absolute atomic E-state index is 0.00535. The Labute approximate surface area is 341 Å². The minimum Gasteiger partial charge on any atom is -0.491 e. The predicted molar refractivity (Wildman–Crippen MR) is 214 cm³/mol. The van der Waals surface area contributed by atoms with Gasteiger partial charge in [0.25, 0.3) is 0 Å². The summed E-state index contributed by atoms with van der Waals surface area (Å²) in [5.41, 5.74) is 1.48. The summed E-state index contributed by atoms with van der Waals surface area (Å²) in [7, 11) is 2.33. The van der Waals surface area contributed by atoms with Crippen molar-refractivity contribution in [3.8, 4) is 17.6 Å². The van der Waals surface area contributed by atoms with Crippen LogP contribution in [0.3, 0.4) is 0 Å². The first-order valence-corrected chi connectivity index (χ1v) is 19.1. The number of fused-ring (bicyclic) bond motifs is 3. The standard InChI is InChI=1S/C46H43N3O10/c1-4-23-47-41(51)36-38-44(54)59-39(30-16-9-6-10-17-30)37(29-14-7-5-8-15-29)49(38)40(31-18-12-19-32(27-31)58-25-24-50)46(36)34-26-28(21-22-35(34)48-45(46)55)13-11-20-33(42(52)56-2)43(53)57-3/h4-10,12,14-19,21-22,26-27,33,36-40,50H,1,20,23-25H2,2-3H3,(H,47,51)(H,48,55). The molecule has 302 valence electrons. The zero-order chi connectivity index (χ0) is 41.7. The van der Waals surface area contributed by atoms with Crippen LogP contribution in [0, 0.1) is 23.7 Å². The Bertz CT molecular complexity index is 2310. The van der Waals surface area contributed by atoms with Crippen LogP contribution in [-0.2, 0) is 43.6 Å². The molecule has 6 unspecified atom stereocenters. The van der Waals surface area contributed by atoms with Crippen LogP contribution in [-0.4, -0.2) is 79.7 Å². The number of hydrogen-bond acceptors (Lipinski definition) is 11. The molecule has 13 heteroatoms. The van der Waals surface area contributed by atoms with Gasteiger partial charge in [-0.3, -0.25) is 28.9 Å². The van der Waals surface area contributed by atoms with Gasteiger partial charge in [0.1, 0.15) is 29.9 Å². The van der Waals surface area contributed by atoms with Gasteiger partial charge in [-0.25, -0.2) is 0 Å². The van der Waals surface area contributed by atoms with Crippen molar-refractivity contribution >= 4 is 35.4 Å². The summed E-state index contributed by atoms with van der Waals surface area (Å²) in [5.74, 6) is 0.277. The minimum atomic E-state index is -1.79. The van der Waals surface area contributed by atoms with Crippen molar-refractivity contribution in [3.63, 3.8) is 0 Å². The van der Waals surface area contributed by atoms with E-state index in [2.05, 4.69) is 29.1 Å². The summed E-state index contributed by atoms with van der Waals surface area (Å²) in [5, 5.41) is 15.5. The van der Waals surface area contributed by atoms with Gasteiger partial charge in [-0.05, 0) is 52.6 Å². The molecular weight excluding hydrogens is 755 g/mol. The smallest absolute Gasteiger partial charge is 0.324 e. The lowest BCUT2D eigenvalue weighted by atomic mass is 9.65. The number of hydrogen-bond donors (Lipinski definition) is 3. The third-order valence-electron chi connectivity index (χ3n) is 11.1. The molecule has 2 amide bonds. The van der Waals surface area contributed by atoms with Crippen molar-refractivity contribution in [1.82, 2.24) is 10.2 Å². The van der Waals surface area contributed by atoms with E-state index in [1.165, 1.54) is 6.08 Å². The Morgan fingerprint density at radius 1 is 0.915 bits per heavy atom. The number of rotatable bonds is 12. The summed E-state index contributed by atoms with van der Waals surface area (Å²) < 4.78 is 21.9. The molecule has 0 aromatic heterocycles.